The molecule has 1 aliphatic carbocycles. The van der Waals surface area contributed by atoms with Crippen molar-refractivity contribution < 1.29 is 4.74 Å². The van der Waals surface area contributed by atoms with Crippen LogP contribution in [0.25, 0.3) is 5.82 Å². The fourth-order valence-corrected chi connectivity index (χ4v) is 1.68. The molecule has 3 rings (SSSR count). The van der Waals surface area contributed by atoms with Crippen LogP contribution in [-0.4, -0.2) is 31.3 Å². The molecule has 0 aromatic carbocycles. The Hall–Kier alpha value is -1.98. The fraction of sp³-hybridized carbons (Fsp3) is 0.455. The Morgan fingerprint density at radius 3 is 3.00 bits per heavy atom. The lowest BCUT2D eigenvalue weighted by Crippen LogP contribution is -2.04. The highest BCUT2D eigenvalue weighted by molar-refractivity contribution is 5.24. The van der Waals surface area contributed by atoms with E-state index in [1.54, 1.807) is 17.1 Å². The molecule has 0 radical (unpaired) electrons. The van der Waals surface area contributed by atoms with E-state index in [9.17, 15) is 0 Å². The van der Waals surface area contributed by atoms with Crippen molar-refractivity contribution in [2.75, 3.05) is 6.61 Å². The molecule has 2 aromatic heterocycles. The van der Waals surface area contributed by atoms with E-state index < -0.39 is 0 Å². The molecule has 1 aliphatic rings. The molecule has 0 aliphatic heterocycles. The number of nitrogens with zero attached hydrogens (tertiary/aromatic N) is 5. The first-order chi connectivity index (χ1) is 8.33. The van der Waals surface area contributed by atoms with Gasteiger partial charge in [0.05, 0.1) is 6.61 Å². The lowest BCUT2D eigenvalue weighted by atomic mass is 10.4. The lowest BCUT2D eigenvalue weighted by Gasteiger charge is -2.05. The van der Waals surface area contributed by atoms with Crippen LogP contribution in [0.1, 0.15) is 13.3 Å². The van der Waals surface area contributed by atoms with E-state index in [2.05, 4.69) is 27.0 Å². The second kappa shape index (κ2) is 4.12. The van der Waals surface area contributed by atoms with Crippen LogP contribution in [0.4, 0.5) is 0 Å². The minimum atomic E-state index is 0.588. The van der Waals surface area contributed by atoms with E-state index in [0.29, 0.717) is 17.6 Å². The van der Waals surface area contributed by atoms with Crippen molar-refractivity contribution >= 4 is 0 Å². The minimum absolute atomic E-state index is 0.588. The lowest BCUT2D eigenvalue weighted by molar-refractivity contribution is 0.282. The number of ether oxygens (including phenoxy) is 1. The Balaban J connectivity index is 1.70. The Bertz CT molecular complexity index is 498. The highest BCUT2D eigenvalue weighted by Crippen LogP contribution is 2.37. The minimum Gasteiger partial charge on any atom is -0.477 e. The van der Waals surface area contributed by atoms with E-state index in [-0.39, 0.29) is 0 Å². The largest absolute Gasteiger partial charge is 0.477 e. The molecule has 0 amide bonds. The van der Waals surface area contributed by atoms with Crippen LogP contribution >= 0.6 is 0 Å². The summed E-state index contributed by atoms with van der Waals surface area (Å²) in [6, 6.07) is 1.77. The van der Waals surface area contributed by atoms with Gasteiger partial charge in [0, 0.05) is 6.07 Å². The SMILES string of the molecule is CC1CC1COc1cc(-n2cncn2)ncn1. The second-order valence-corrected chi connectivity index (χ2v) is 4.34. The second-order valence-electron chi connectivity index (χ2n) is 4.34. The van der Waals surface area contributed by atoms with Crippen molar-refractivity contribution in [2.24, 2.45) is 11.8 Å². The van der Waals surface area contributed by atoms with E-state index in [1.165, 1.54) is 19.1 Å². The summed E-state index contributed by atoms with van der Waals surface area (Å²) in [6.07, 6.45) is 5.79. The zero-order chi connectivity index (χ0) is 11.7. The van der Waals surface area contributed by atoms with Crippen molar-refractivity contribution in [1.29, 1.82) is 0 Å². The number of hydrogen-bond acceptors (Lipinski definition) is 5. The van der Waals surface area contributed by atoms with Crippen LogP contribution in [0.15, 0.2) is 25.0 Å². The predicted octanol–water partition coefficient (Wildman–Crippen LogP) is 1.09. The first kappa shape index (κ1) is 10.2. The van der Waals surface area contributed by atoms with Crippen molar-refractivity contribution in [3.63, 3.8) is 0 Å². The molecule has 2 aromatic rings. The van der Waals surface area contributed by atoms with Crippen molar-refractivity contribution in [1.82, 2.24) is 24.7 Å². The topological polar surface area (TPSA) is 65.7 Å². The summed E-state index contributed by atoms with van der Waals surface area (Å²) in [5, 5.41) is 4.01. The first-order valence-corrected chi connectivity index (χ1v) is 5.63. The van der Waals surface area contributed by atoms with Gasteiger partial charge in [0.1, 0.15) is 19.0 Å². The zero-order valence-electron chi connectivity index (χ0n) is 9.52. The van der Waals surface area contributed by atoms with E-state index in [1.807, 2.05) is 0 Å². The Labute approximate surface area is 98.7 Å². The predicted molar refractivity (Wildman–Crippen MR) is 59.7 cm³/mol. The van der Waals surface area contributed by atoms with Gasteiger partial charge in [0.25, 0.3) is 0 Å². The third-order valence-electron chi connectivity index (χ3n) is 3.00. The maximum Gasteiger partial charge on any atom is 0.218 e. The normalized spacial score (nSPS) is 22.4. The first-order valence-electron chi connectivity index (χ1n) is 5.63. The van der Waals surface area contributed by atoms with E-state index in [4.69, 9.17) is 4.74 Å². The van der Waals surface area contributed by atoms with Crippen LogP contribution in [0.3, 0.4) is 0 Å². The molecule has 1 fully saturated rings. The molecular formula is C11H13N5O. The van der Waals surface area contributed by atoms with Gasteiger partial charge in [-0.2, -0.15) is 5.10 Å². The third-order valence-corrected chi connectivity index (χ3v) is 3.00. The van der Waals surface area contributed by atoms with Crippen LogP contribution in [0.5, 0.6) is 5.88 Å². The van der Waals surface area contributed by atoms with Gasteiger partial charge in [0.2, 0.25) is 5.88 Å². The van der Waals surface area contributed by atoms with E-state index in [0.717, 1.165) is 12.5 Å². The molecule has 17 heavy (non-hydrogen) atoms. The standard InChI is InChI=1S/C11H13N5O/c1-8-2-9(8)4-17-11-3-10(13-6-14-11)16-7-12-5-15-16/h3,5-9H,2,4H2,1H3. The molecule has 0 saturated heterocycles. The van der Waals surface area contributed by atoms with Gasteiger partial charge in [-0.3, -0.25) is 0 Å². The van der Waals surface area contributed by atoms with Crippen LogP contribution in [-0.2, 0) is 0 Å². The maximum absolute atomic E-state index is 5.63. The number of rotatable bonds is 4. The summed E-state index contributed by atoms with van der Waals surface area (Å²) in [7, 11) is 0. The molecule has 0 bridgehead atoms. The summed E-state index contributed by atoms with van der Waals surface area (Å²) in [6.45, 7) is 2.96. The molecule has 1 saturated carbocycles. The molecular weight excluding hydrogens is 218 g/mol. The molecule has 2 heterocycles. The van der Waals surface area contributed by atoms with Crippen LogP contribution < -0.4 is 4.74 Å². The Kier molecular flexibility index (Phi) is 2.47. The van der Waals surface area contributed by atoms with Gasteiger partial charge < -0.3 is 4.74 Å². The molecule has 2 atom stereocenters. The molecule has 6 nitrogen and oxygen atoms in total. The summed E-state index contributed by atoms with van der Waals surface area (Å²) < 4.78 is 7.20. The van der Waals surface area contributed by atoms with Crippen molar-refractivity contribution in [3.05, 3.63) is 25.0 Å². The molecule has 0 spiro atoms. The zero-order valence-corrected chi connectivity index (χ0v) is 9.52. The maximum atomic E-state index is 5.63. The van der Waals surface area contributed by atoms with E-state index >= 15 is 0 Å². The van der Waals surface area contributed by atoms with Gasteiger partial charge in [-0.1, -0.05) is 6.92 Å². The van der Waals surface area contributed by atoms with Gasteiger partial charge in [0.15, 0.2) is 5.82 Å². The molecule has 6 heteroatoms. The summed E-state index contributed by atoms with van der Waals surface area (Å²) in [4.78, 5) is 12.1. The van der Waals surface area contributed by atoms with Gasteiger partial charge in [-0.25, -0.2) is 19.6 Å². The monoisotopic (exact) mass is 231 g/mol. The number of aromatic nitrogens is 5. The molecule has 88 valence electrons. The highest BCUT2D eigenvalue weighted by atomic mass is 16.5. The quantitative estimate of drug-likeness (QED) is 0.788. The van der Waals surface area contributed by atoms with Gasteiger partial charge in [-0.15, -0.1) is 0 Å². The smallest absolute Gasteiger partial charge is 0.218 e. The fourth-order valence-electron chi connectivity index (χ4n) is 1.68. The summed E-state index contributed by atoms with van der Waals surface area (Å²) >= 11 is 0. The molecule has 0 N–H and O–H groups in total. The molecule has 2 unspecified atom stereocenters. The van der Waals surface area contributed by atoms with Crippen LogP contribution in [0.2, 0.25) is 0 Å². The van der Waals surface area contributed by atoms with Crippen molar-refractivity contribution in [2.45, 2.75) is 13.3 Å². The third kappa shape index (κ3) is 2.25. The van der Waals surface area contributed by atoms with Gasteiger partial charge in [-0.05, 0) is 18.3 Å². The van der Waals surface area contributed by atoms with Crippen molar-refractivity contribution in [3.8, 4) is 11.7 Å². The van der Waals surface area contributed by atoms with Crippen LogP contribution in [0, 0.1) is 11.8 Å². The summed E-state index contributed by atoms with van der Waals surface area (Å²) in [5.41, 5.74) is 0. The average molecular weight is 231 g/mol. The highest BCUT2D eigenvalue weighted by Gasteiger charge is 2.33. The Morgan fingerprint density at radius 2 is 2.29 bits per heavy atom. The average Bonchev–Trinajstić information content (AvgIpc) is 2.83. The number of hydrogen-bond donors (Lipinski definition) is 0. The Morgan fingerprint density at radius 1 is 1.41 bits per heavy atom. The summed E-state index contributed by atoms with van der Waals surface area (Å²) in [5.74, 6) is 2.72. The van der Waals surface area contributed by atoms with Gasteiger partial charge >= 0.3 is 0 Å².